The summed E-state index contributed by atoms with van der Waals surface area (Å²) in [7, 11) is 2.07. The molecule has 2 rings (SSSR count). The topological polar surface area (TPSA) is 57.7 Å². The van der Waals surface area contributed by atoms with E-state index < -0.39 is 0 Å². The van der Waals surface area contributed by atoms with Gasteiger partial charge in [-0.3, -0.25) is 5.10 Å². The van der Waals surface area contributed by atoms with Gasteiger partial charge in [-0.2, -0.15) is 5.10 Å². The minimum absolute atomic E-state index is 0.817. The molecular formula is C13H19N5. The van der Waals surface area contributed by atoms with Crippen molar-refractivity contribution >= 4 is 5.82 Å². The summed E-state index contributed by atoms with van der Waals surface area (Å²) in [6, 6.07) is 0. The minimum Gasteiger partial charge on any atom is -0.359 e. The molecule has 0 saturated heterocycles. The van der Waals surface area contributed by atoms with Gasteiger partial charge in [0.05, 0.1) is 6.20 Å². The maximum atomic E-state index is 4.54. The molecule has 0 aliphatic rings. The van der Waals surface area contributed by atoms with Crippen LogP contribution in [0.2, 0.25) is 0 Å². The lowest BCUT2D eigenvalue weighted by molar-refractivity contribution is 0.834. The average molecular weight is 245 g/mol. The number of aromatic amines is 1. The summed E-state index contributed by atoms with van der Waals surface area (Å²) in [4.78, 5) is 11.0. The molecule has 0 aliphatic heterocycles. The number of nitrogens with one attached hydrogen (secondary N) is 1. The Hall–Kier alpha value is -1.91. The van der Waals surface area contributed by atoms with Gasteiger partial charge in [0, 0.05) is 31.5 Å². The summed E-state index contributed by atoms with van der Waals surface area (Å²) >= 11 is 0. The molecule has 0 fully saturated rings. The molecule has 0 amide bonds. The summed E-state index contributed by atoms with van der Waals surface area (Å²) in [5, 5.41) is 6.78. The van der Waals surface area contributed by atoms with E-state index >= 15 is 0 Å². The average Bonchev–Trinajstić information content (AvgIpc) is 2.89. The monoisotopic (exact) mass is 245 g/mol. The number of aromatic nitrogens is 4. The van der Waals surface area contributed by atoms with E-state index in [2.05, 4.69) is 39.0 Å². The van der Waals surface area contributed by atoms with Crippen molar-refractivity contribution in [3.63, 3.8) is 0 Å². The Bertz CT molecular complexity index is 492. The van der Waals surface area contributed by atoms with Gasteiger partial charge < -0.3 is 4.90 Å². The number of anilines is 1. The second-order valence-electron chi connectivity index (χ2n) is 4.40. The standard InChI is InChI=1S/C13H19N5/c1-4-12-9-14-10(2)17-13(12)18(3)6-5-11-7-15-16-8-11/h7-9H,4-6H2,1-3H3,(H,15,16). The summed E-state index contributed by atoms with van der Waals surface area (Å²) in [5.41, 5.74) is 2.40. The van der Waals surface area contributed by atoms with Gasteiger partial charge in [0.2, 0.25) is 0 Å². The fraction of sp³-hybridized carbons (Fsp3) is 0.462. The van der Waals surface area contributed by atoms with Crippen molar-refractivity contribution in [2.24, 2.45) is 0 Å². The molecule has 0 aromatic carbocycles. The zero-order valence-corrected chi connectivity index (χ0v) is 11.1. The van der Waals surface area contributed by atoms with E-state index in [1.54, 1.807) is 0 Å². The molecule has 0 spiro atoms. The molecule has 0 unspecified atom stereocenters. The van der Waals surface area contributed by atoms with E-state index in [4.69, 9.17) is 0 Å². The highest BCUT2D eigenvalue weighted by atomic mass is 15.2. The van der Waals surface area contributed by atoms with Gasteiger partial charge in [0.15, 0.2) is 0 Å². The predicted octanol–water partition coefficient (Wildman–Crippen LogP) is 1.75. The molecule has 5 heteroatoms. The molecule has 0 atom stereocenters. The Kier molecular flexibility index (Phi) is 3.92. The first-order chi connectivity index (χ1) is 8.70. The van der Waals surface area contributed by atoms with Crippen LogP contribution in [0, 0.1) is 6.92 Å². The zero-order chi connectivity index (χ0) is 13.0. The van der Waals surface area contributed by atoms with E-state index in [0.29, 0.717) is 0 Å². The van der Waals surface area contributed by atoms with Crippen molar-refractivity contribution in [2.75, 3.05) is 18.5 Å². The number of hydrogen-bond donors (Lipinski definition) is 1. The molecule has 2 aromatic heterocycles. The van der Waals surface area contributed by atoms with Crippen LogP contribution in [0.4, 0.5) is 5.82 Å². The molecule has 0 aliphatic carbocycles. The van der Waals surface area contributed by atoms with E-state index in [-0.39, 0.29) is 0 Å². The summed E-state index contributed by atoms with van der Waals surface area (Å²) in [6.45, 7) is 4.97. The largest absolute Gasteiger partial charge is 0.359 e. The minimum atomic E-state index is 0.817. The normalized spacial score (nSPS) is 10.6. The lowest BCUT2D eigenvalue weighted by Crippen LogP contribution is -2.23. The number of H-pyrrole nitrogens is 1. The van der Waals surface area contributed by atoms with Crippen LogP contribution in [-0.2, 0) is 12.8 Å². The maximum absolute atomic E-state index is 4.54. The van der Waals surface area contributed by atoms with E-state index in [1.165, 1.54) is 11.1 Å². The van der Waals surface area contributed by atoms with Crippen LogP contribution in [0.1, 0.15) is 23.9 Å². The van der Waals surface area contributed by atoms with Crippen LogP contribution in [0.25, 0.3) is 0 Å². The van der Waals surface area contributed by atoms with E-state index in [1.807, 2.05) is 25.5 Å². The summed E-state index contributed by atoms with van der Waals surface area (Å²) in [6.07, 6.45) is 7.62. The quantitative estimate of drug-likeness (QED) is 0.872. The first-order valence-corrected chi connectivity index (χ1v) is 6.22. The van der Waals surface area contributed by atoms with Crippen molar-refractivity contribution < 1.29 is 0 Å². The Morgan fingerprint density at radius 1 is 1.33 bits per heavy atom. The van der Waals surface area contributed by atoms with E-state index in [0.717, 1.165) is 31.0 Å². The first-order valence-electron chi connectivity index (χ1n) is 6.22. The maximum Gasteiger partial charge on any atom is 0.135 e. The molecule has 1 N–H and O–H groups in total. The predicted molar refractivity (Wildman–Crippen MR) is 71.7 cm³/mol. The Morgan fingerprint density at radius 2 is 2.17 bits per heavy atom. The van der Waals surface area contributed by atoms with Gasteiger partial charge in [0.1, 0.15) is 11.6 Å². The van der Waals surface area contributed by atoms with Crippen molar-refractivity contribution in [3.05, 3.63) is 35.5 Å². The van der Waals surface area contributed by atoms with Gasteiger partial charge in [-0.15, -0.1) is 0 Å². The van der Waals surface area contributed by atoms with Gasteiger partial charge in [-0.05, 0) is 25.3 Å². The van der Waals surface area contributed by atoms with Gasteiger partial charge in [-0.25, -0.2) is 9.97 Å². The Balaban J connectivity index is 2.08. The molecule has 5 nitrogen and oxygen atoms in total. The highest BCUT2D eigenvalue weighted by Gasteiger charge is 2.09. The fourth-order valence-corrected chi connectivity index (χ4v) is 1.88. The molecule has 2 heterocycles. The van der Waals surface area contributed by atoms with Crippen LogP contribution < -0.4 is 4.90 Å². The number of aryl methyl sites for hydroxylation is 2. The summed E-state index contributed by atoms with van der Waals surface area (Å²) < 4.78 is 0. The van der Waals surface area contributed by atoms with Crippen molar-refractivity contribution in [1.82, 2.24) is 20.2 Å². The van der Waals surface area contributed by atoms with Gasteiger partial charge >= 0.3 is 0 Å². The number of likely N-dealkylation sites (N-methyl/N-ethyl adjacent to an activating group) is 1. The third-order valence-electron chi connectivity index (χ3n) is 3.00. The highest BCUT2D eigenvalue weighted by Crippen LogP contribution is 2.16. The van der Waals surface area contributed by atoms with Crippen LogP contribution in [-0.4, -0.2) is 33.8 Å². The number of hydrogen-bond acceptors (Lipinski definition) is 4. The molecule has 0 bridgehead atoms. The highest BCUT2D eigenvalue weighted by molar-refractivity contribution is 5.45. The smallest absolute Gasteiger partial charge is 0.135 e. The van der Waals surface area contributed by atoms with E-state index in [9.17, 15) is 0 Å². The number of nitrogens with zero attached hydrogens (tertiary/aromatic N) is 4. The third-order valence-corrected chi connectivity index (χ3v) is 3.00. The van der Waals surface area contributed by atoms with Gasteiger partial charge in [-0.1, -0.05) is 6.92 Å². The van der Waals surface area contributed by atoms with Crippen LogP contribution in [0.3, 0.4) is 0 Å². The van der Waals surface area contributed by atoms with Crippen LogP contribution in [0.15, 0.2) is 18.6 Å². The lowest BCUT2D eigenvalue weighted by atomic mass is 10.2. The first kappa shape index (κ1) is 12.5. The van der Waals surface area contributed by atoms with Crippen molar-refractivity contribution in [1.29, 1.82) is 0 Å². The molecular weight excluding hydrogens is 226 g/mol. The number of rotatable bonds is 5. The second-order valence-corrected chi connectivity index (χ2v) is 4.40. The van der Waals surface area contributed by atoms with Crippen molar-refractivity contribution in [3.8, 4) is 0 Å². The van der Waals surface area contributed by atoms with Crippen LogP contribution >= 0.6 is 0 Å². The molecule has 96 valence electrons. The second kappa shape index (κ2) is 5.62. The summed E-state index contributed by atoms with van der Waals surface area (Å²) in [5.74, 6) is 1.85. The molecule has 2 aromatic rings. The Labute approximate surface area is 107 Å². The molecule has 0 radical (unpaired) electrons. The van der Waals surface area contributed by atoms with Gasteiger partial charge in [0.25, 0.3) is 0 Å². The van der Waals surface area contributed by atoms with Crippen LogP contribution in [0.5, 0.6) is 0 Å². The third kappa shape index (κ3) is 2.85. The molecule has 0 saturated carbocycles. The SMILES string of the molecule is CCc1cnc(C)nc1N(C)CCc1cn[nH]c1. The zero-order valence-electron chi connectivity index (χ0n) is 11.1. The lowest BCUT2D eigenvalue weighted by Gasteiger charge is -2.20. The van der Waals surface area contributed by atoms with Crippen molar-refractivity contribution in [2.45, 2.75) is 26.7 Å². The fourth-order valence-electron chi connectivity index (χ4n) is 1.88. The Morgan fingerprint density at radius 3 is 2.83 bits per heavy atom. The molecule has 18 heavy (non-hydrogen) atoms.